The van der Waals surface area contributed by atoms with Gasteiger partial charge in [-0.1, -0.05) is 31.4 Å². The summed E-state index contributed by atoms with van der Waals surface area (Å²) in [6.45, 7) is 13.3. The van der Waals surface area contributed by atoms with Crippen LogP contribution in [-0.4, -0.2) is 24.5 Å². The predicted molar refractivity (Wildman–Crippen MR) is 95.8 cm³/mol. The van der Waals surface area contributed by atoms with Gasteiger partial charge in [-0.05, 0) is 44.2 Å². The van der Waals surface area contributed by atoms with E-state index in [0.29, 0.717) is 11.7 Å². The van der Waals surface area contributed by atoms with E-state index in [2.05, 4.69) is 24.6 Å². The zero-order chi connectivity index (χ0) is 16.1. The predicted octanol–water partition coefficient (Wildman–Crippen LogP) is 4.43. The van der Waals surface area contributed by atoms with E-state index in [0.717, 1.165) is 30.0 Å². The van der Waals surface area contributed by atoms with E-state index in [9.17, 15) is 0 Å². The van der Waals surface area contributed by atoms with Crippen molar-refractivity contribution in [1.82, 2.24) is 5.32 Å². The minimum atomic E-state index is 0.494. The monoisotopic (exact) mass is 306 g/mol. The first-order chi connectivity index (χ1) is 10.0. The lowest BCUT2D eigenvalue weighted by molar-refractivity contribution is 0.177. The third-order valence-electron chi connectivity index (χ3n) is 2.63. The van der Waals surface area contributed by atoms with Crippen LogP contribution < -0.4 is 5.32 Å². The first kappa shape index (κ1) is 19.5. The van der Waals surface area contributed by atoms with Crippen LogP contribution in [0.1, 0.15) is 20.3 Å². The molecule has 116 valence electrons. The molecule has 0 aromatic carbocycles. The number of allylic oxidation sites excluding steroid dienone is 4. The summed E-state index contributed by atoms with van der Waals surface area (Å²) < 4.78 is 5.25. The van der Waals surface area contributed by atoms with E-state index in [1.165, 1.54) is 11.8 Å². The average molecular weight is 306 g/mol. The van der Waals surface area contributed by atoms with Crippen molar-refractivity contribution in [2.75, 3.05) is 19.5 Å². The van der Waals surface area contributed by atoms with Crippen molar-refractivity contribution in [2.24, 2.45) is 0 Å². The lowest BCUT2D eigenvalue weighted by Crippen LogP contribution is -2.11. The number of rotatable bonds is 10. The quantitative estimate of drug-likeness (QED) is 0.206. The third kappa shape index (κ3) is 9.93. The van der Waals surface area contributed by atoms with Crippen LogP contribution in [0.4, 0.5) is 0 Å². The van der Waals surface area contributed by atoms with Gasteiger partial charge in [-0.2, -0.15) is 0 Å². The highest BCUT2D eigenvalue weighted by atomic mass is 32.2. The normalized spacial score (nSPS) is 12.0. The van der Waals surface area contributed by atoms with Gasteiger partial charge in [-0.25, -0.2) is 0 Å². The Labute approximate surface area is 133 Å². The highest BCUT2D eigenvalue weighted by molar-refractivity contribution is 8.13. The van der Waals surface area contributed by atoms with Gasteiger partial charge in [0.25, 0.3) is 0 Å². The Balaban J connectivity index is 4.34. The highest BCUT2D eigenvalue weighted by Crippen LogP contribution is 2.12. The van der Waals surface area contributed by atoms with Gasteiger partial charge in [0.2, 0.25) is 0 Å². The third-order valence-corrected chi connectivity index (χ3v) is 3.20. The molecule has 2 N–H and O–H groups in total. The van der Waals surface area contributed by atoms with Crippen LogP contribution in [0.15, 0.2) is 60.5 Å². The van der Waals surface area contributed by atoms with E-state index >= 15 is 0 Å². The first-order valence-electron chi connectivity index (χ1n) is 6.88. The second-order valence-electron chi connectivity index (χ2n) is 4.18. The van der Waals surface area contributed by atoms with Crippen LogP contribution in [0.25, 0.3) is 0 Å². The fraction of sp³-hybridized carbons (Fsp3) is 0.353. The van der Waals surface area contributed by atoms with Gasteiger partial charge in [0.1, 0.15) is 0 Å². The van der Waals surface area contributed by atoms with Crippen molar-refractivity contribution < 1.29 is 4.74 Å². The van der Waals surface area contributed by atoms with Crippen molar-refractivity contribution in [3.05, 3.63) is 60.5 Å². The summed E-state index contributed by atoms with van der Waals surface area (Å²) in [7, 11) is 0. The van der Waals surface area contributed by atoms with E-state index in [1.807, 2.05) is 32.3 Å². The van der Waals surface area contributed by atoms with Gasteiger partial charge in [0.05, 0.1) is 11.7 Å². The minimum absolute atomic E-state index is 0.494. The zero-order valence-corrected chi connectivity index (χ0v) is 14.1. The molecule has 0 aromatic rings. The molecule has 0 spiro atoms. The number of hydrogen-bond acceptors (Lipinski definition) is 4. The topological polar surface area (TPSA) is 45.1 Å². The minimum Gasteiger partial charge on any atom is -0.378 e. The molecule has 0 aliphatic heterocycles. The van der Waals surface area contributed by atoms with Gasteiger partial charge in [0, 0.05) is 18.0 Å². The molecule has 0 saturated heterocycles. The SMILES string of the molecule is C=C(/C=C\C(=N)SC)NC(=C)/C(=C/C)C/C=C\COCC. The molecule has 0 radical (unpaired) electrons. The maximum absolute atomic E-state index is 7.53. The van der Waals surface area contributed by atoms with Crippen molar-refractivity contribution in [1.29, 1.82) is 5.41 Å². The fourth-order valence-electron chi connectivity index (χ4n) is 1.44. The van der Waals surface area contributed by atoms with Crippen molar-refractivity contribution in [3.63, 3.8) is 0 Å². The summed E-state index contributed by atoms with van der Waals surface area (Å²) in [4.78, 5) is 0. The Morgan fingerprint density at radius 3 is 2.57 bits per heavy atom. The molecule has 0 unspecified atom stereocenters. The van der Waals surface area contributed by atoms with Gasteiger partial charge in [-0.15, -0.1) is 11.8 Å². The second-order valence-corrected chi connectivity index (χ2v) is 5.03. The number of thioether (sulfide) groups is 1. The maximum Gasteiger partial charge on any atom is 0.0867 e. The molecular weight excluding hydrogens is 280 g/mol. The van der Waals surface area contributed by atoms with Crippen LogP contribution >= 0.6 is 11.8 Å². The lowest BCUT2D eigenvalue weighted by Gasteiger charge is -2.12. The Bertz CT molecular complexity index is 448. The number of nitrogens with one attached hydrogen (secondary N) is 2. The van der Waals surface area contributed by atoms with Crippen LogP contribution in [0.5, 0.6) is 0 Å². The molecule has 0 aliphatic carbocycles. The maximum atomic E-state index is 7.53. The largest absolute Gasteiger partial charge is 0.378 e. The molecule has 4 heteroatoms. The number of hydrogen-bond donors (Lipinski definition) is 2. The Morgan fingerprint density at radius 1 is 1.29 bits per heavy atom. The van der Waals surface area contributed by atoms with Crippen LogP contribution in [0.2, 0.25) is 0 Å². The molecule has 0 rings (SSSR count). The Morgan fingerprint density at radius 2 is 2.00 bits per heavy atom. The summed E-state index contributed by atoms with van der Waals surface area (Å²) in [6.07, 6.45) is 12.3. The Kier molecular flexibility index (Phi) is 11.4. The first-order valence-corrected chi connectivity index (χ1v) is 8.11. The molecule has 0 amide bonds. The van der Waals surface area contributed by atoms with Crippen LogP contribution in [0, 0.1) is 5.41 Å². The molecule has 0 heterocycles. The van der Waals surface area contributed by atoms with Crippen molar-refractivity contribution in [2.45, 2.75) is 20.3 Å². The summed E-state index contributed by atoms with van der Waals surface area (Å²) in [5, 5.41) is 11.2. The van der Waals surface area contributed by atoms with E-state index in [1.54, 1.807) is 12.2 Å². The van der Waals surface area contributed by atoms with Crippen LogP contribution in [-0.2, 0) is 4.74 Å². The summed E-state index contributed by atoms with van der Waals surface area (Å²) in [5.41, 5.74) is 2.65. The molecule has 0 aliphatic rings. The zero-order valence-electron chi connectivity index (χ0n) is 13.2. The summed E-state index contributed by atoms with van der Waals surface area (Å²) in [5.74, 6) is 0. The van der Waals surface area contributed by atoms with Gasteiger partial charge in [0.15, 0.2) is 0 Å². The van der Waals surface area contributed by atoms with Gasteiger partial charge < -0.3 is 10.1 Å². The Hall–Kier alpha value is -1.52. The standard InChI is InChI=1S/C17H26N2OS/c1-6-16(10-8-9-13-20-7-2)15(4)19-14(3)11-12-17(18)21-5/h6,8-9,11-12,18-19H,3-4,7,10,13H2,1-2,5H3/b9-8-,12-11-,16-6+,18-17?. The van der Waals surface area contributed by atoms with Gasteiger partial charge in [-0.3, -0.25) is 5.41 Å². The van der Waals surface area contributed by atoms with E-state index in [-0.39, 0.29) is 0 Å². The number of ether oxygens (including phenoxy) is 1. The average Bonchev–Trinajstić information content (AvgIpc) is 2.48. The van der Waals surface area contributed by atoms with Crippen molar-refractivity contribution in [3.8, 4) is 0 Å². The molecule has 3 nitrogen and oxygen atoms in total. The molecule has 21 heavy (non-hydrogen) atoms. The van der Waals surface area contributed by atoms with Gasteiger partial charge >= 0.3 is 0 Å². The smallest absolute Gasteiger partial charge is 0.0867 e. The van der Waals surface area contributed by atoms with Crippen molar-refractivity contribution >= 4 is 16.8 Å². The lowest BCUT2D eigenvalue weighted by atomic mass is 10.1. The second kappa shape index (κ2) is 12.2. The highest BCUT2D eigenvalue weighted by Gasteiger charge is 2.00. The summed E-state index contributed by atoms with van der Waals surface area (Å²) in [6, 6.07) is 0. The molecule has 0 saturated carbocycles. The van der Waals surface area contributed by atoms with E-state index in [4.69, 9.17) is 10.1 Å². The summed E-state index contributed by atoms with van der Waals surface area (Å²) >= 11 is 1.39. The van der Waals surface area contributed by atoms with Crippen LogP contribution in [0.3, 0.4) is 0 Å². The molecule has 0 bridgehead atoms. The molecular formula is C17H26N2OS. The fourth-order valence-corrected chi connectivity index (χ4v) is 1.64. The molecule has 0 aromatic heterocycles. The molecule has 0 fully saturated rings. The molecule has 0 atom stereocenters. The van der Waals surface area contributed by atoms with E-state index < -0.39 is 0 Å².